The zero-order valence-corrected chi connectivity index (χ0v) is 48.3. The number of halogens is 2. The fourth-order valence-corrected chi connectivity index (χ4v) is 11.7. The summed E-state index contributed by atoms with van der Waals surface area (Å²) in [5.41, 5.74) is 4.94. The number of Topliss-reactive ketones (excluding diaryl/α,β-unsaturated/α-hetero) is 2. The van der Waals surface area contributed by atoms with Crippen LogP contribution in [0.5, 0.6) is 0 Å². The number of piperazine rings is 2. The van der Waals surface area contributed by atoms with Gasteiger partial charge < -0.3 is 20.4 Å². The van der Waals surface area contributed by atoms with Crippen LogP contribution >= 0.6 is 0 Å². The number of nitrogens with zero attached hydrogens (tertiary/aromatic N) is 8. The van der Waals surface area contributed by atoms with Crippen molar-refractivity contribution in [2.24, 2.45) is 0 Å². The summed E-state index contributed by atoms with van der Waals surface area (Å²) in [5, 5.41) is 10.6. The summed E-state index contributed by atoms with van der Waals surface area (Å²) in [5.74, 6) is -3.81. The number of amides is 8. The molecule has 6 aliphatic heterocycles. The van der Waals surface area contributed by atoms with Crippen LogP contribution < -0.4 is 31.1 Å². The molecule has 6 aromatic rings. The number of anilines is 4. The topological polar surface area (TPSA) is 264 Å². The molecule has 4 N–H and O–H groups in total. The Kier molecular flexibility index (Phi) is 17.4. The first-order valence-electron chi connectivity index (χ1n) is 29.0. The number of carbonyl (C=O) groups excluding carboxylic acids is 10. The standard InChI is InChI=1S/2C32H31FN6O5/c2*1-19(40)21-7-9-27(35-16-21)38-13-11-37(12-14-38)18-20-5-6-22(24(33)15-20)17-34-25-4-2-3-23-29(25)32(44)39(31(23)43)26-8-10-28(41)36-30(26)42/h2*2-7,9,15-16,26,34H,8,10-14,17-18H2,1H3,(H,36,41,42)/t2*26-/m10/s1. The van der Waals surface area contributed by atoms with Gasteiger partial charge in [0.05, 0.1) is 22.3 Å². The number of fused-ring (bicyclic) bond motifs is 2. The summed E-state index contributed by atoms with van der Waals surface area (Å²) in [6.07, 6.45) is 3.41. The Morgan fingerprint density at radius 2 is 0.909 bits per heavy atom. The van der Waals surface area contributed by atoms with Crippen molar-refractivity contribution in [2.75, 3.05) is 72.8 Å². The number of hydrogen-bond donors (Lipinski definition) is 4. The molecule has 12 rings (SSSR count). The van der Waals surface area contributed by atoms with E-state index in [1.807, 2.05) is 24.3 Å². The fraction of sp³-hybridized carbons (Fsp3) is 0.312. The average molecular weight is 1200 g/mol. The molecule has 2 aromatic heterocycles. The maximum Gasteiger partial charge on any atom is 0.264 e. The maximum absolute atomic E-state index is 15.2. The van der Waals surface area contributed by atoms with E-state index in [2.05, 4.69) is 50.8 Å². The molecule has 24 heteroatoms. The predicted molar refractivity (Wildman–Crippen MR) is 317 cm³/mol. The third-order valence-corrected chi connectivity index (χ3v) is 16.6. The van der Waals surface area contributed by atoms with Crippen LogP contribution in [-0.2, 0) is 45.4 Å². The van der Waals surface area contributed by atoms with Crippen molar-refractivity contribution in [3.63, 3.8) is 0 Å². The molecule has 8 amide bonds. The van der Waals surface area contributed by atoms with Crippen LogP contribution in [0.15, 0.2) is 109 Å². The van der Waals surface area contributed by atoms with Crippen LogP contribution in [0.3, 0.4) is 0 Å². The van der Waals surface area contributed by atoms with Crippen molar-refractivity contribution in [3.05, 3.63) is 177 Å². The number of nitrogens with one attached hydrogen (secondary N) is 4. The molecule has 22 nitrogen and oxygen atoms in total. The second-order valence-electron chi connectivity index (χ2n) is 22.4. The molecule has 4 fully saturated rings. The van der Waals surface area contributed by atoms with Crippen molar-refractivity contribution in [1.29, 1.82) is 0 Å². The third kappa shape index (κ3) is 12.6. The number of aromatic nitrogens is 2. The van der Waals surface area contributed by atoms with Gasteiger partial charge >= 0.3 is 0 Å². The van der Waals surface area contributed by atoms with Crippen molar-refractivity contribution < 1.29 is 56.7 Å². The number of imide groups is 4. The highest BCUT2D eigenvalue weighted by molar-refractivity contribution is 6.26. The highest BCUT2D eigenvalue weighted by Gasteiger charge is 2.47. The number of hydrogen-bond acceptors (Lipinski definition) is 18. The Hall–Kier alpha value is -9.94. The van der Waals surface area contributed by atoms with Gasteiger partial charge in [-0.15, -0.1) is 0 Å². The molecule has 0 spiro atoms. The quantitative estimate of drug-likeness (QED) is 0.0687. The average Bonchev–Trinajstić information content (AvgIpc) is 2.37. The molecule has 0 unspecified atom stereocenters. The highest BCUT2D eigenvalue weighted by atomic mass is 19.1. The van der Waals surface area contributed by atoms with Crippen LogP contribution in [0.1, 0.15) is 124 Å². The van der Waals surface area contributed by atoms with Gasteiger partial charge in [0, 0.05) is 137 Å². The fourth-order valence-electron chi connectivity index (χ4n) is 11.7. The first-order valence-corrected chi connectivity index (χ1v) is 29.0. The summed E-state index contributed by atoms with van der Waals surface area (Å²) in [6.45, 7) is 10.6. The molecule has 2 atom stereocenters. The van der Waals surface area contributed by atoms with Gasteiger partial charge in [0.2, 0.25) is 23.6 Å². The largest absolute Gasteiger partial charge is 0.380 e. The molecule has 4 aromatic carbocycles. The Bertz CT molecular complexity index is 3580. The number of benzene rings is 4. The lowest BCUT2D eigenvalue weighted by Gasteiger charge is -2.35. The van der Waals surface area contributed by atoms with E-state index in [-0.39, 0.29) is 84.2 Å². The van der Waals surface area contributed by atoms with Crippen molar-refractivity contribution >= 4 is 81.8 Å². The lowest BCUT2D eigenvalue weighted by Crippen LogP contribution is -2.54. The SMILES string of the molecule is CC(=O)c1ccc(N2CCN(Cc3ccc(CNc4cccc5c4C(=O)N([C@@H]4CCC(=O)NC4=O)C5=O)c(F)c3)CC2)nc1.CC(=O)c1ccc(N2CCN(Cc3ccc(CNc4cccc5c4C(=O)N([C@H]4CCC(=O)NC4=O)C5=O)c(F)c3)CC2)nc1. The van der Waals surface area contributed by atoms with Crippen LogP contribution in [0, 0.1) is 11.6 Å². The van der Waals surface area contributed by atoms with Gasteiger partial charge in [0.25, 0.3) is 23.6 Å². The maximum atomic E-state index is 15.2. The number of rotatable bonds is 16. The summed E-state index contributed by atoms with van der Waals surface area (Å²) in [7, 11) is 0. The van der Waals surface area contributed by atoms with Crippen LogP contribution in [0.4, 0.5) is 31.8 Å². The molecular weight excluding hydrogens is 1130 g/mol. The van der Waals surface area contributed by atoms with Gasteiger partial charge in [-0.2, -0.15) is 0 Å². The lowest BCUT2D eigenvalue weighted by atomic mass is 10.0. The van der Waals surface area contributed by atoms with Crippen molar-refractivity contribution in [2.45, 2.75) is 77.8 Å². The second-order valence-corrected chi connectivity index (χ2v) is 22.4. The van der Waals surface area contributed by atoms with Crippen molar-refractivity contribution in [3.8, 4) is 0 Å². The monoisotopic (exact) mass is 1200 g/mol. The Morgan fingerprint density at radius 3 is 1.25 bits per heavy atom. The zero-order chi connectivity index (χ0) is 61.9. The van der Waals surface area contributed by atoms with Gasteiger partial charge in [0.1, 0.15) is 35.4 Å². The van der Waals surface area contributed by atoms with E-state index in [9.17, 15) is 47.9 Å². The number of carbonyl (C=O) groups is 10. The molecule has 0 bridgehead atoms. The van der Waals surface area contributed by atoms with E-state index in [1.165, 1.54) is 38.1 Å². The molecule has 88 heavy (non-hydrogen) atoms. The van der Waals surface area contributed by atoms with Gasteiger partial charge in [-0.1, -0.05) is 36.4 Å². The Balaban J connectivity index is 0.000000182. The van der Waals surface area contributed by atoms with Crippen LogP contribution in [-0.4, -0.2) is 153 Å². The minimum atomic E-state index is -1.06. The van der Waals surface area contributed by atoms with E-state index in [1.54, 1.807) is 60.9 Å². The lowest BCUT2D eigenvalue weighted by molar-refractivity contribution is -0.137. The molecule has 0 saturated carbocycles. The Morgan fingerprint density at radius 1 is 0.511 bits per heavy atom. The summed E-state index contributed by atoms with van der Waals surface area (Å²) in [4.78, 5) is 143. The van der Waals surface area contributed by atoms with Crippen molar-refractivity contribution in [1.82, 2.24) is 40.2 Å². The predicted octanol–water partition coefficient (Wildman–Crippen LogP) is 5.52. The van der Waals surface area contributed by atoms with E-state index < -0.39 is 59.3 Å². The summed E-state index contributed by atoms with van der Waals surface area (Å²) in [6, 6.07) is 24.9. The molecule has 8 heterocycles. The molecule has 6 aliphatic rings. The van der Waals surface area contributed by atoms with E-state index in [0.29, 0.717) is 46.7 Å². The highest BCUT2D eigenvalue weighted by Crippen LogP contribution is 2.35. The number of piperidine rings is 2. The second kappa shape index (κ2) is 25.6. The number of pyridine rings is 2. The normalized spacial score (nSPS) is 18.8. The summed E-state index contributed by atoms with van der Waals surface area (Å²) >= 11 is 0. The molecular formula is C64H62F2N12O10. The molecule has 4 saturated heterocycles. The van der Waals surface area contributed by atoms with Gasteiger partial charge in [-0.3, -0.25) is 78.2 Å². The van der Waals surface area contributed by atoms with E-state index >= 15 is 8.78 Å². The zero-order valence-electron chi connectivity index (χ0n) is 48.3. The first-order chi connectivity index (χ1) is 42.4. The van der Waals surface area contributed by atoms with Gasteiger partial charge in [-0.25, -0.2) is 18.7 Å². The van der Waals surface area contributed by atoms with Crippen LogP contribution in [0.2, 0.25) is 0 Å². The number of ketones is 2. The third-order valence-electron chi connectivity index (χ3n) is 16.6. The Labute approximate surface area is 504 Å². The molecule has 0 radical (unpaired) electrons. The minimum absolute atomic E-state index is 0.0172. The first kappa shape index (κ1) is 59.8. The van der Waals surface area contributed by atoms with E-state index in [4.69, 9.17) is 0 Å². The smallest absolute Gasteiger partial charge is 0.264 e. The summed E-state index contributed by atoms with van der Waals surface area (Å²) < 4.78 is 30.3. The van der Waals surface area contributed by atoms with E-state index in [0.717, 1.165) is 84.9 Å². The van der Waals surface area contributed by atoms with Gasteiger partial charge in [0.15, 0.2) is 11.6 Å². The molecule has 0 aliphatic carbocycles. The molecule has 452 valence electrons. The van der Waals surface area contributed by atoms with Crippen LogP contribution in [0.25, 0.3) is 0 Å². The minimum Gasteiger partial charge on any atom is -0.380 e. The van der Waals surface area contributed by atoms with Gasteiger partial charge in [-0.05, 0) is 98.5 Å².